The second kappa shape index (κ2) is 8.39. The summed E-state index contributed by atoms with van der Waals surface area (Å²) in [5.41, 5.74) is 6.03. The third-order valence-electron chi connectivity index (χ3n) is 4.14. The zero-order chi connectivity index (χ0) is 21.3. The van der Waals surface area contributed by atoms with Gasteiger partial charge in [-0.05, 0) is 24.6 Å². The Kier molecular flexibility index (Phi) is 6.10. The van der Waals surface area contributed by atoms with E-state index in [2.05, 4.69) is 15.5 Å². The third kappa shape index (κ3) is 4.36. The van der Waals surface area contributed by atoms with Gasteiger partial charge in [-0.3, -0.25) is 18.7 Å². The number of carbonyl (C=O) groups is 1. The number of nitrogens with one attached hydrogen (secondary N) is 1. The molecule has 0 unspecified atom stereocenters. The van der Waals surface area contributed by atoms with Gasteiger partial charge >= 0.3 is 5.69 Å². The quantitative estimate of drug-likeness (QED) is 0.430. The number of thioether (sulfide) groups is 1. The largest absolute Gasteiger partial charge is 0.384 e. The van der Waals surface area contributed by atoms with Crippen LogP contribution in [-0.2, 0) is 14.1 Å². The molecule has 0 aliphatic rings. The Bertz CT molecular complexity index is 1220. The average Bonchev–Trinajstić information content (AvgIpc) is 3.13. The minimum Gasteiger partial charge on any atom is -0.384 e. The van der Waals surface area contributed by atoms with Gasteiger partial charge in [-0.2, -0.15) is 0 Å². The number of aromatic nitrogens is 4. The van der Waals surface area contributed by atoms with Gasteiger partial charge in [0.2, 0.25) is 5.13 Å². The van der Waals surface area contributed by atoms with Crippen LogP contribution in [0.3, 0.4) is 0 Å². The molecule has 29 heavy (non-hydrogen) atoms. The van der Waals surface area contributed by atoms with Gasteiger partial charge < -0.3 is 11.1 Å². The summed E-state index contributed by atoms with van der Waals surface area (Å²) in [6, 6.07) is 5.54. The fraction of sp³-hybridized carbons (Fsp3) is 0.235. The molecule has 152 valence electrons. The molecule has 9 nitrogen and oxygen atoms in total. The van der Waals surface area contributed by atoms with Crippen LogP contribution in [0.2, 0.25) is 5.02 Å². The Hall–Kier alpha value is -2.63. The van der Waals surface area contributed by atoms with Crippen molar-refractivity contribution in [3.8, 4) is 0 Å². The number of rotatable bonds is 6. The zero-order valence-corrected chi connectivity index (χ0v) is 18.1. The van der Waals surface area contributed by atoms with Crippen LogP contribution in [0.5, 0.6) is 0 Å². The molecule has 0 amide bonds. The molecule has 0 radical (unpaired) electrons. The van der Waals surface area contributed by atoms with Crippen molar-refractivity contribution in [2.45, 2.75) is 11.3 Å². The molecule has 12 heteroatoms. The van der Waals surface area contributed by atoms with Crippen LogP contribution in [0.15, 0.2) is 32.1 Å². The Morgan fingerprint density at radius 2 is 2.00 bits per heavy atom. The normalized spacial score (nSPS) is 10.9. The van der Waals surface area contributed by atoms with Crippen LogP contribution in [-0.4, -0.2) is 30.9 Å². The summed E-state index contributed by atoms with van der Waals surface area (Å²) in [6.07, 6.45) is 0. The minimum atomic E-state index is -0.716. The summed E-state index contributed by atoms with van der Waals surface area (Å²) in [5.74, 6) is -0.707. The van der Waals surface area contributed by atoms with Crippen LogP contribution in [0.4, 0.5) is 16.6 Å². The molecule has 3 rings (SSSR count). The first-order valence-corrected chi connectivity index (χ1v) is 10.4. The zero-order valence-electron chi connectivity index (χ0n) is 15.7. The number of nitrogen functional groups attached to an aromatic ring is 1. The molecule has 1 aromatic carbocycles. The average molecular weight is 453 g/mol. The van der Waals surface area contributed by atoms with Crippen molar-refractivity contribution >= 4 is 57.1 Å². The summed E-state index contributed by atoms with van der Waals surface area (Å²) >= 11 is 8.50. The smallest absolute Gasteiger partial charge is 0.332 e. The third-order valence-corrected chi connectivity index (χ3v) is 6.52. The number of anilines is 3. The van der Waals surface area contributed by atoms with E-state index < -0.39 is 17.0 Å². The van der Waals surface area contributed by atoms with E-state index in [0.717, 1.165) is 32.1 Å². The maximum Gasteiger partial charge on any atom is 0.332 e. The van der Waals surface area contributed by atoms with Gasteiger partial charge in [0.25, 0.3) is 5.56 Å². The Morgan fingerprint density at radius 1 is 1.28 bits per heavy atom. The summed E-state index contributed by atoms with van der Waals surface area (Å²) in [6.45, 7) is 1.91. The van der Waals surface area contributed by atoms with Gasteiger partial charge in [0.05, 0.1) is 5.75 Å². The first kappa shape index (κ1) is 21.1. The molecular formula is C17H17ClN6O3S2. The van der Waals surface area contributed by atoms with Gasteiger partial charge in [-0.15, -0.1) is 10.2 Å². The maximum atomic E-state index is 12.5. The maximum absolute atomic E-state index is 12.5. The lowest BCUT2D eigenvalue weighted by atomic mass is 10.2. The summed E-state index contributed by atoms with van der Waals surface area (Å²) in [4.78, 5) is 36.7. The highest BCUT2D eigenvalue weighted by atomic mass is 35.5. The molecule has 2 aromatic heterocycles. The van der Waals surface area contributed by atoms with Gasteiger partial charge in [0, 0.05) is 24.8 Å². The van der Waals surface area contributed by atoms with Crippen molar-refractivity contribution in [3.05, 3.63) is 55.2 Å². The first-order chi connectivity index (χ1) is 13.7. The predicted molar refractivity (Wildman–Crippen MR) is 116 cm³/mol. The number of nitrogens with zero attached hydrogens (tertiary/aromatic N) is 4. The number of ketones is 1. The number of benzene rings is 1. The Morgan fingerprint density at radius 3 is 2.69 bits per heavy atom. The second-order valence-corrected chi connectivity index (χ2v) is 8.75. The SMILES string of the molecule is Cc1ccc(Nc2nnc(SCC(=O)c3c(N)n(C)c(=O)n(C)c3=O)s2)cc1Cl. The molecule has 0 spiro atoms. The first-order valence-electron chi connectivity index (χ1n) is 8.27. The van der Waals surface area contributed by atoms with E-state index in [0.29, 0.717) is 14.5 Å². The molecule has 0 aliphatic carbocycles. The van der Waals surface area contributed by atoms with Gasteiger partial charge in [0.15, 0.2) is 10.1 Å². The number of nitrogens with two attached hydrogens (primary N) is 1. The highest BCUT2D eigenvalue weighted by Crippen LogP contribution is 2.29. The monoisotopic (exact) mass is 452 g/mol. The van der Waals surface area contributed by atoms with E-state index >= 15 is 0 Å². The van der Waals surface area contributed by atoms with E-state index in [1.165, 1.54) is 25.4 Å². The molecular weight excluding hydrogens is 436 g/mol. The standard InChI is InChI=1S/C17H17ClN6O3S2/c1-8-4-5-9(6-10(8)18)20-15-21-22-16(29-15)28-7-11(25)12-13(19)23(2)17(27)24(3)14(12)26/h4-6H,7,19H2,1-3H3,(H,20,21). The van der Waals surface area contributed by atoms with Crippen molar-refractivity contribution in [2.24, 2.45) is 14.1 Å². The lowest BCUT2D eigenvalue weighted by molar-refractivity contribution is 0.102. The molecule has 0 saturated carbocycles. The van der Waals surface area contributed by atoms with Gasteiger partial charge in [-0.1, -0.05) is 40.8 Å². The molecule has 0 atom stereocenters. The van der Waals surface area contributed by atoms with Crippen LogP contribution in [0.1, 0.15) is 15.9 Å². The van der Waals surface area contributed by atoms with Gasteiger partial charge in [0.1, 0.15) is 11.4 Å². The Labute approximate surface area is 178 Å². The molecule has 3 N–H and O–H groups in total. The highest BCUT2D eigenvalue weighted by molar-refractivity contribution is 8.01. The van der Waals surface area contributed by atoms with Crippen LogP contribution < -0.4 is 22.3 Å². The molecule has 0 aliphatic heterocycles. The minimum absolute atomic E-state index is 0.0668. The topological polar surface area (TPSA) is 125 Å². The lowest BCUT2D eigenvalue weighted by Gasteiger charge is -2.10. The lowest BCUT2D eigenvalue weighted by Crippen LogP contribution is -2.41. The van der Waals surface area contributed by atoms with E-state index in [1.54, 1.807) is 6.07 Å². The number of hydrogen-bond donors (Lipinski definition) is 2. The number of aryl methyl sites for hydroxylation is 1. The number of carbonyl (C=O) groups excluding carboxylic acids is 1. The van der Waals surface area contributed by atoms with Crippen molar-refractivity contribution in [2.75, 3.05) is 16.8 Å². The van der Waals surface area contributed by atoms with E-state index in [1.807, 2.05) is 19.1 Å². The summed E-state index contributed by atoms with van der Waals surface area (Å²) < 4.78 is 2.46. The van der Waals surface area contributed by atoms with Gasteiger partial charge in [-0.25, -0.2) is 4.79 Å². The van der Waals surface area contributed by atoms with Crippen molar-refractivity contribution < 1.29 is 4.79 Å². The van der Waals surface area contributed by atoms with E-state index in [9.17, 15) is 14.4 Å². The molecule has 2 heterocycles. The highest BCUT2D eigenvalue weighted by Gasteiger charge is 2.21. The fourth-order valence-electron chi connectivity index (χ4n) is 2.43. The molecule has 0 fully saturated rings. The van der Waals surface area contributed by atoms with Crippen LogP contribution in [0.25, 0.3) is 0 Å². The Balaban J connectivity index is 1.72. The van der Waals surface area contributed by atoms with Crippen molar-refractivity contribution in [1.82, 2.24) is 19.3 Å². The molecule has 3 aromatic rings. The van der Waals surface area contributed by atoms with Crippen molar-refractivity contribution in [1.29, 1.82) is 0 Å². The van der Waals surface area contributed by atoms with Crippen LogP contribution >= 0.6 is 34.7 Å². The van der Waals surface area contributed by atoms with E-state index in [-0.39, 0.29) is 17.1 Å². The molecule has 0 saturated heterocycles. The summed E-state index contributed by atoms with van der Waals surface area (Å²) in [7, 11) is 2.70. The predicted octanol–water partition coefficient (Wildman–Crippen LogP) is 2.20. The summed E-state index contributed by atoms with van der Waals surface area (Å²) in [5, 5.41) is 12.3. The van der Waals surface area contributed by atoms with Crippen molar-refractivity contribution in [3.63, 3.8) is 0 Å². The molecule has 0 bridgehead atoms. The fourth-order valence-corrected chi connectivity index (χ4v) is 4.26. The number of Topliss-reactive ketones (excluding diaryl/α,β-unsaturated/α-hetero) is 1. The number of hydrogen-bond acceptors (Lipinski definition) is 9. The van der Waals surface area contributed by atoms with Crippen LogP contribution in [0, 0.1) is 6.92 Å². The number of halogens is 1. The van der Waals surface area contributed by atoms with E-state index in [4.69, 9.17) is 17.3 Å². The second-order valence-electron chi connectivity index (χ2n) is 6.14.